The van der Waals surface area contributed by atoms with Gasteiger partial charge in [-0.05, 0) is 50.4 Å². The highest BCUT2D eigenvalue weighted by Gasteiger charge is 2.21. The molecule has 24 heavy (non-hydrogen) atoms. The lowest BCUT2D eigenvalue weighted by molar-refractivity contribution is -0.120. The number of rotatable bonds is 5. The second-order valence-corrected chi connectivity index (χ2v) is 7.29. The summed E-state index contributed by atoms with van der Waals surface area (Å²) in [6.45, 7) is 7.40. The number of anilines is 1. The highest BCUT2D eigenvalue weighted by atomic mass is 16.2. The van der Waals surface area contributed by atoms with Gasteiger partial charge in [-0.25, -0.2) is 0 Å². The van der Waals surface area contributed by atoms with Gasteiger partial charge in [0.05, 0.1) is 6.54 Å². The molecule has 0 unspecified atom stereocenters. The summed E-state index contributed by atoms with van der Waals surface area (Å²) < 4.78 is 0. The average Bonchev–Trinajstić information content (AvgIpc) is 3.13. The number of benzene rings is 1. The lowest BCUT2D eigenvalue weighted by Crippen LogP contribution is -2.49. The number of amides is 1. The summed E-state index contributed by atoms with van der Waals surface area (Å²) in [5, 5.41) is 0. The Balaban J connectivity index is 1.61. The fourth-order valence-electron chi connectivity index (χ4n) is 3.97. The van der Waals surface area contributed by atoms with E-state index in [1.807, 2.05) is 4.90 Å². The third kappa shape index (κ3) is 4.17. The van der Waals surface area contributed by atoms with Crippen molar-refractivity contribution >= 4 is 11.6 Å². The molecule has 4 heteroatoms. The van der Waals surface area contributed by atoms with Gasteiger partial charge in [0.2, 0.25) is 5.91 Å². The molecule has 2 fully saturated rings. The molecule has 0 radical (unpaired) electrons. The zero-order valence-corrected chi connectivity index (χ0v) is 15.2. The highest BCUT2D eigenvalue weighted by molar-refractivity contribution is 5.94. The highest BCUT2D eigenvalue weighted by Crippen LogP contribution is 2.34. The largest absolute Gasteiger partial charge is 0.312 e. The lowest BCUT2D eigenvalue weighted by atomic mass is 9.97. The molecule has 1 heterocycles. The van der Waals surface area contributed by atoms with E-state index in [0.717, 1.165) is 44.3 Å². The number of carbonyl (C=O) groups is 1. The van der Waals surface area contributed by atoms with E-state index >= 15 is 0 Å². The number of likely N-dealkylation sites (N-methyl/N-ethyl adjacent to an activating group) is 2. The van der Waals surface area contributed by atoms with Crippen LogP contribution in [0.3, 0.4) is 0 Å². The van der Waals surface area contributed by atoms with E-state index in [2.05, 4.69) is 48.0 Å². The summed E-state index contributed by atoms with van der Waals surface area (Å²) in [6.07, 6.45) is 5.35. The summed E-state index contributed by atoms with van der Waals surface area (Å²) in [4.78, 5) is 19.3. The second-order valence-electron chi connectivity index (χ2n) is 7.29. The maximum absolute atomic E-state index is 12.7. The first-order valence-corrected chi connectivity index (χ1v) is 9.48. The van der Waals surface area contributed by atoms with Gasteiger partial charge >= 0.3 is 0 Å². The van der Waals surface area contributed by atoms with Crippen LogP contribution in [0, 0.1) is 0 Å². The summed E-state index contributed by atoms with van der Waals surface area (Å²) in [7, 11) is 2.14. The molecule has 1 aromatic rings. The van der Waals surface area contributed by atoms with Crippen LogP contribution in [-0.2, 0) is 4.79 Å². The summed E-state index contributed by atoms with van der Waals surface area (Å²) in [5.74, 6) is 0.950. The van der Waals surface area contributed by atoms with Gasteiger partial charge in [0.1, 0.15) is 0 Å². The van der Waals surface area contributed by atoms with Crippen LogP contribution in [-0.4, -0.2) is 62.0 Å². The van der Waals surface area contributed by atoms with Crippen molar-refractivity contribution in [2.45, 2.75) is 38.5 Å². The molecule has 0 N–H and O–H groups in total. The molecule has 0 aromatic heterocycles. The van der Waals surface area contributed by atoms with E-state index in [4.69, 9.17) is 0 Å². The van der Waals surface area contributed by atoms with E-state index < -0.39 is 0 Å². The van der Waals surface area contributed by atoms with Crippen molar-refractivity contribution in [2.24, 2.45) is 0 Å². The number of carbonyl (C=O) groups excluding carboxylic acids is 1. The molecule has 1 aliphatic heterocycles. The molecule has 0 bridgehead atoms. The van der Waals surface area contributed by atoms with Crippen molar-refractivity contribution in [2.75, 3.05) is 51.2 Å². The third-order valence-electron chi connectivity index (χ3n) is 5.60. The molecule has 3 rings (SSSR count). The monoisotopic (exact) mass is 329 g/mol. The van der Waals surface area contributed by atoms with E-state index in [9.17, 15) is 4.79 Å². The zero-order chi connectivity index (χ0) is 16.9. The van der Waals surface area contributed by atoms with Crippen molar-refractivity contribution in [3.05, 3.63) is 29.8 Å². The Morgan fingerprint density at radius 3 is 2.29 bits per heavy atom. The van der Waals surface area contributed by atoms with Gasteiger partial charge in [-0.1, -0.05) is 25.0 Å². The Morgan fingerprint density at radius 1 is 1.08 bits per heavy atom. The van der Waals surface area contributed by atoms with Crippen LogP contribution in [0.4, 0.5) is 5.69 Å². The Bertz CT molecular complexity index is 528. The molecule has 132 valence electrons. The summed E-state index contributed by atoms with van der Waals surface area (Å²) >= 11 is 0. The molecule has 1 amide bonds. The molecule has 2 aliphatic rings. The molecule has 1 saturated carbocycles. The quantitative estimate of drug-likeness (QED) is 0.831. The molecule has 1 aliphatic carbocycles. The van der Waals surface area contributed by atoms with Gasteiger partial charge in [-0.15, -0.1) is 0 Å². The maximum atomic E-state index is 12.7. The average molecular weight is 329 g/mol. The van der Waals surface area contributed by atoms with Crippen molar-refractivity contribution < 1.29 is 4.79 Å². The van der Waals surface area contributed by atoms with Crippen molar-refractivity contribution in [3.63, 3.8) is 0 Å². The van der Waals surface area contributed by atoms with Crippen molar-refractivity contribution in [1.82, 2.24) is 9.80 Å². The second kappa shape index (κ2) is 8.13. The predicted molar refractivity (Wildman–Crippen MR) is 99.6 cm³/mol. The van der Waals surface area contributed by atoms with Crippen LogP contribution in [0.2, 0.25) is 0 Å². The number of nitrogens with zero attached hydrogens (tertiary/aromatic N) is 3. The van der Waals surface area contributed by atoms with E-state index in [1.165, 1.54) is 31.2 Å². The van der Waals surface area contributed by atoms with Crippen LogP contribution in [0.15, 0.2) is 24.3 Å². The molecular weight excluding hydrogens is 298 g/mol. The van der Waals surface area contributed by atoms with Gasteiger partial charge in [-0.3, -0.25) is 9.69 Å². The lowest BCUT2D eigenvalue weighted by Gasteiger charge is -2.33. The molecule has 1 aromatic carbocycles. The van der Waals surface area contributed by atoms with Gasteiger partial charge in [0.15, 0.2) is 0 Å². The maximum Gasteiger partial charge on any atom is 0.241 e. The number of piperazine rings is 1. The van der Waals surface area contributed by atoms with Crippen LogP contribution in [0.1, 0.15) is 44.1 Å². The Hall–Kier alpha value is -1.39. The van der Waals surface area contributed by atoms with Crippen LogP contribution in [0.25, 0.3) is 0 Å². The smallest absolute Gasteiger partial charge is 0.241 e. The van der Waals surface area contributed by atoms with Crippen molar-refractivity contribution in [3.8, 4) is 0 Å². The van der Waals surface area contributed by atoms with Crippen molar-refractivity contribution in [1.29, 1.82) is 0 Å². The topological polar surface area (TPSA) is 26.8 Å². The van der Waals surface area contributed by atoms with E-state index in [-0.39, 0.29) is 5.91 Å². The molecule has 1 saturated heterocycles. The Kier molecular flexibility index (Phi) is 5.90. The predicted octanol–water partition coefficient (Wildman–Crippen LogP) is 2.94. The molecule has 0 atom stereocenters. The summed E-state index contributed by atoms with van der Waals surface area (Å²) in [6, 6.07) is 8.74. The minimum atomic E-state index is 0.218. The van der Waals surface area contributed by atoms with Gasteiger partial charge in [-0.2, -0.15) is 0 Å². The van der Waals surface area contributed by atoms with Crippen LogP contribution < -0.4 is 4.90 Å². The Labute approximate surface area is 146 Å². The van der Waals surface area contributed by atoms with Gasteiger partial charge < -0.3 is 9.80 Å². The van der Waals surface area contributed by atoms with Gasteiger partial charge in [0.25, 0.3) is 0 Å². The fourth-order valence-corrected chi connectivity index (χ4v) is 3.97. The standard InChI is InChI=1S/C20H31N3O/c1-3-23(20(24)16-22-14-12-21(2)13-15-22)19-10-8-18(9-11-19)17-6-4-5-7-17/h8-11,17H,3-7,12-16H2,1-2H3. The SMILES string of the molecule is CCN(C(=O)CN1CCN(C)CC1)c1ccc(C2CCCC2)cc1. The van der Waals surface area contributed by atoms with Crippen LogP contribution >= 0.6 is 0 Å². The number of hydrogen-bond acceptors (Lipinski definition) is 3. The fraction of sp³-hybridized carbons (Fsp3) is 0.650. The third-order valence-corrected chi connectivity index (χ3v) is 5.60. The Morgan fingerprint density at radius 2 is 1.71 bits per heavy atom. The molecule has 4 nitrogen and oxygen atoms in total. The minimum Gasteiger partial charge on any atom is -0.312 e. The normalized spacial score (nSPS) is 20.4. The minimum absolute atomic E-state index is 0.218. The molecule has 0 spiro atoms. The summed E-state index contributed by atoms with van der Waals surface area (Å²) in [5.41, 5.74) is 2.48. The van der Waals surface area contributed by atoms with E-state index in [0.29, 0.717) is 6.54 Å². The van der Waals surface area contributed by atoms with Gasteiger partial charge in [0, 0.05) is 38.4 Å². The first kappa shape index (κ1) is 17.4. The first-order valence-electron chi connectivity index (χ1n) is 9.48. The number of hydrogen-bond donors (Lipinski definition) is 0. The zero-order valence-electron chi connectivity index (χ0n) is 15.2. The van der Waals surface area contributed by atoms with E-state index in [1.54, 1.807) is 0 Å². The first-order chi connectivity index (χ1) is 11.7. The van der Waals surface area contributed by atoms with Crippen LogP contribution in [0.5, 0.6) is 0 Å². The molecular formula is C20H31N3O.